The Bertz CT molecular complexity index is 823. The van der Waals surface area contributed by atoms with Gasteiger partial charge in [-0.1, -0.05) is 34.9 Å². The summed E-state index contributed by atoms with van der Waals surface area (Å²) >= 11 is 1.93. The number of nitrogens with one attached hydrogen (secondary N) is 3. The quantitative estimate of drug-likeness (QED) is 0.232. The lowest BCUT2D eigenvalue weighted by atomic mass is 10.1. The first-order valence-corrected chi connectivity index (χ1v) is 12.0. The number of imidazole rings is 1. The van der Waals surface area contributed by atoms with Crippen molar-refractivity contribution in [3.8, 4) is 0 Å². The molecule has 0 aromatic carbocycles. The van der Waals surface area contributed by atoms with E-state index in [1.165, 1.54) is 28.7 Å². The Kier molecular flexibility index (Phi) is 10.6. The summed E-state index contributed by atoms with van der Waals surface area (Å²) in [6, 6.07) is 2.28. The molecule has 0 aliphatic carbocycles. The zero-order valence-corrected chi connectivity index (χ0v) is 20.0. The van der Waals surface area contributed by atoms with Gasteiger partial charge >= 0.3 is 0 Å². The zero-order valence-electron chi connectivity index (χ0n) is 19.2. The van der Waals surface area contributed by atoms with E-state index in [1.807, 2.05) is 30.4 Å². The smallest absolute Gasteiger partial charge is 0.129 e. The number of allylic oxidation sites excluding steroid dienone is 5. The van der Waals surface area contributed by atoms with Crippen molar-refractivity contribution >= 4 is 17.6 Å². The van der Waals surface area contributed by atoms with Crippen LogP contribution in [0.4, 0.5) is 5.82 Å². The Morgan fingerprint density at radius 2 is 1.80 bits per heavy atom. The molecule has 2 aromatic heterocycles. The van der Waals surface area contributed by atoms with E-state index in [-0.39, 0.29) is 6.04 Å². The van der Waals surface area contributed by atoms with Crippen molar-refractivity contribution < 1.29 is 0 Å². The van der Waals surface area contributed by atoms with Crippen molar-refractivity contribution in [2.45, 2.75) is 66.3 Å². The van der Waals surface area contributed by atoms with E-state index < -0.39 is 0 Å². The Hall–Kier alpha value is -2.14. The highest BCUT2D eigenvalue weighted by Gasteiger charge is 2.14. The molecule has 164 valence electrons. The molecule has 0 saturated heterocycles. The first-order chi connectivity index (χ1) is 14.4. The third kappa shape index (κ3) is 9.57. The molecule has 0 fully saturated rings. The minimum atomic E-state index is 0.156. The van der Waals surface area contributed by atoms with E-state index in [0.29, 0.717) is 0 Å². The van der Waals surface area contributed by atoms with Crippen molar-refractivity contribution in [2.24, 2.45) is 0 Å². The lowest BCUT2D eigenvalue weighted by Crippen LogP contribution is -2.15. The summed E-state index contributed by atoms with van der Waals surface area (Å²) in [5.74, 6) is 3.99. The van der Waals surface area contributed by atoms with Gasteiger partial charge in [0.1, 0.15) is 11.6 Å². The molecule has 0 radical (unpaired) electrons. The maximum absolute atomic E-state index is 4.45. The van der Waals surface area contributed by atoms with Crippen LogP contribution in [0.25, 0.3) is 0 Å². The Morgan fingerprint density at radius 3 is 2.43 bits per heavy atom. The summed E-state index contributed by atoms with van der Waals surface area (Å²) in [6.45, 7) is 10.9. The molecule has 0 amide bonds. The number of anilines is 1. The van der Waals surface area contributed by atoms with Crippen LogP contribution in [0.2, 0.25) is 0 Å². The van der Waals surface area contributed by atoms with E-state index in [4.69, 9.17) is 0 Å². The minimum Gasteiger partial charge on any atom is -0.361 e. The van der Waals surface area contributed by atoms with Crippen LogP contribution in [0, 0.1) is 6.92 Å². The Balaban J connectivity index is 1.73. The van der Waals surface area contributed by atoms with Crippen molar-refractivity contribution in [3.63, 3.8) is 0 Å². The summed E-state index contributed by atoms with van der Waals surface area (Å²) < 4.78 is 0. The van der Waals surface area contributed by atoms with Gasteiger partial charge in [0.2, 0.25) is 0 Å². The molecule has 0 spiro atoms. The predicted molar refractivity (Wildman–Crippen MR) is 133 cm³/mol. The van der Waals surface area contributed by atoms with Crippen LogP contribution in [0.3, 0.4) is 0 Å². The summed E-state index contributed by atoms with van der Waals surface area (Å²) in [4.78, 5) is 11.0. The molecule has 1 atom stereocenters. The lowest BCUT2D eigenvalue weighted by molar-refractivity contribution is 0.817. The molecule has 0 bridgehead atoms. The number of nitrogens with zero attached hydrogens (tertiary/aromatic N) is 1. The standard InChI is InChI=1S/C25H38N4S/c1-19(2)8-6-9-20(3)10-7-11-21(4)12-15-30-18-23(25-26-13-14-27-25)29-24-16-22(5)17-28-24/h8,10,12-14,16-17,23,28-29H,6-7,9,11,15,18H2,1-5H3,(H,26,27). The summed E-state index contributed by atoms with van der Waals surface area (Å²) in [5, 5.41) is 3.56. The van der Waals surface area contributed by atoms with Crippen LogP contribution >= 0.6 is 11.8 Å². The van der Waals surface area contributed by atoms with E-state index in [0.717, 1.165) is 42.4 Å². The highest BCUT2D eigenvalue weighted by molar-refractivity contribution is 7.99. The first-order valence-electron chi connectivity index (χ1n) is 10.9. The number of aromatic amines is 2. The molecule has 3 N–H and O–H groups in total. The molecule has 0 aliphatic heterocycles. The van der Waals surface area contributed by atoms with Crippen molar-refractivity contribution in [1.82, 2.24) is 15.0 Å². The van der Waals surface area contributed by atoms with Gasteiger partial charge in [-0.2, -0.15) is 11.8 Å². The van der Waals surface area contributed by atoms with E-state index in [2.05, 4.69) is 79.2 Å². The number of H-pyrrole nitrogens is 2. The first kappa shape index (κ1) is 24.1. The normalized spacial score (nSPS) is 13.4. The Labute approximate surface area is 186 Å². The largest absolute Gasteiger partial charge is 0.361 e. The highest BCUT2D eigenvalue weighted by Crippen LogP contribution is 2.22. The molecule has 2 heterocycles. The summed E-state index contributed by atoms with van der Waals surface area (Å²) in [5.41, 5.74) is 5.61. The fourth-order valence-corrected chi connectivity index (χ4v) is 4.17. The second-order valence-corrected chi connectivity index (χ2v) is 9.33. The topological polar surface area (TPSA) is 56.5 Å². The molecular weight excluding hydrogens is 388 g/mol. The summed E-state index contributed by atoms with van der Waals surface area (Å²) in [6.07, 6.45) is 17.4. The SMILES string of the molecule is CC(C)=CCCC(C)=CCCC(C)=CCSCC(Nc1cc(C)c[nH]1)c1ncc[nH]1. The number of aromatic nitrogens is 3. The minimum absolute atomic E-state index is 0.156. The van der Waals surface area contributed by atoms with Crippen LogP contribution < -0.4 is 5.32 Å². The molecule has 2 rings (SSSR count). The van der Waals surface area contributed by atoms with E-state index in [1.54, 1.807) is 0 Å². The van der Waals surface area contributed by atoms with Crippen LogP contribution in [-0.2, 0) is 0 Å². The Morgan fingerprint density at radius 1 is 1.07 bits per heavy atom. The van der Waals surface area contributed by atoms with Gasteiger partial charge in [0.05, 0.1) is 6.04 Å². The van der Waals surface area contributed by atoms with Gasteiger partial charge in [-0.05, 0) is 71.9 Å². The molecule has 1 unspecified atom stereocenters. The zero-order chi connectivity index (χ0) is 21.8. The fraction of sp³-hybridized carbons (Fsp3) is 0.480. The lowest BCUT2D eigenvalue weighted by Gasteiger charge is -2.16. The fourth-order valence-electron chi connectivity index (χ4n) is 3.16. The number of hydrogen-bond donors (Lipinski definition) is 3. The van der Waals surface area contributed by atoms with Crippen LogP contribution in [0.1, 0.15) is 70.8 Å². The summed E-state index contributed by atoms with van der Waals surface area (Å²) in [7, 11) is 0. The van der Waals surface area contributed by atoms with Crippen LogP contribution in [-0.4, -0.2) is 26.5 Å². The molecule has 4 nitrogen and oxygen atoms in total. The van der Waals surface area contributed by atoms with Gasteiger partial charge in [-0.15, -0.1) is 0 Å². The number of hydrogen-bond acceptors (Lipinski definition) is 3. The van der Waals surface area contributed by atoms with Crippen LogP contribution in [0.15, 0.2) is 59.6 Å². The van der Waals surface area contributed by atoms with Gasteiger partial charge in [-0.25, -0.2) is 4.98 Å². The second kappa shape index (κ2) is 13.2. The third-order valence-electron chi connectivity index (χ3n) is 4.96. The number of rotatable bonds is 13. The average Bonchev–Trinajstić information content (AvgIpc) is 3.35. The highest BCUT2D eigenvalue weighted by atomic mass is 32.2. The molecule has 0 aliphatic rings. The van der Waals surface area contributed by atoms with Gasteiger partial charge < -0.3 is 15.3 Å². The van der Waals surface area contributed by atoms with E-state index >= 15 is 0 Å². The molecule has 2 aromatic rings. The van der Waals surface area contributed by atoms with Gasteiger partial charge in [0, 0.05) is 30.1 Å². The maximum Gasteiger partial charge on any atom is 0.129 e. The monoisotopic (exact) mass is 426 g/mol. The average molecular weight is 427 g/mol. The predicted octanol–water partition coefficient (Wildman–Crippen LogP) is 7.35. The number of thioether (sulfide) groups is 1. The van der Waals surface area contributed by atoms with Crippen molar-refractivity contribution in [1.29, 1.82) is 0 Å². The molecular formula is C25H38N4S. The number of aryl methyl sites for hydroxylation is 1. The molecule has 5 heteroatoms. The molecule has 0 saturated carbocycles. The van der Waals surface area contributed by atoms with Gasteiger partial charge in [-0.3, -0.25) is 0 Å². The second-order valence-electron chi connectivity index (χ2n) is 8.26. The van der Waals surface area contributed by atoms with Crippen molar-refractivity contribution in [2.75, 3.05) is 16.8 Å². The maximum atomic E-state index is 4.45. The van der Waals surface area contributed by atoms with Gasteiger partial charge in [0.15, 0.2) is 0 Å². The van der Waals surface area contributed by atoms with E-state index in [9.17, 15) is 0 Å². The van der Waals surface area contributed by atoms with Crippen LogP contribution in [0.5, 0.6) is 0 Å². The third-order valence-corrected chi connectivity index (χ3v) is 5.93. The van der Waals surface area contributed by atoms with Crippen molar-refractivity contribution in [3.05, 3.63) is 71.0 Å². The van der Waals surface area contributed by atoms with Gasteiger partial charge in [0.25, 0.3) is 0 Å². The molecule has 30 heavy (non-hydrogen) atoms.